The molecule has 0 saturated heterocycles. The predicted octanol–water partition coefficient (Wildman–Crippen LogP) is 6.40. The van der Waals surface area contributed by atoms with Crippen molar-refractivity contribution < 1.29 is 23.6 Å². The van der Waals surface area contributed by atoms with Crippen molar-refractivity contribution in [1.29, 1.82) is 0 Å². The summed E-state index contributed by atoms with van der Waals surface area (Å²) in [5.41, 5.74) is 7.55. The molecule has 2 N–H and O–H groups in total. The van der Waals surface area contributed by atoms with Crippen LogP contribution in [0, 0.1) is 0 Å². The first kappa shape index (κ1) is 29.5. The van der Waals surface area contributed by atoms with Crippen molar-refractivity contribution in [3.8, 4) is 0 Å². The SMILES string of the molecule is CCOP(=O)(O)CC(=O)NOC/C=C(\C)CC/C=C(\C)CC/C=C(\C)CCC=C(C)C. The molecule has 6 nitrogen and oxygen atoms in total. The van der Waals surface area contributed by atoms with E-state index in [2.05, 4.69) is 55.9 Å². The average molecular weight is 456 g/mol. The molecule has 0 bridgehead atoms. The van der Waals surface area contributed by atoms with Crippen LogP contribution >= 0.6 is 7.60 Å². The molecule has 0 heterocycles. The number of rotatable bonds is 16. The van der Waals surface area contributed by atoms with Gasteiger partial charge in [-0.1, -0.05) is 46.6 Å². The molecule has 178 valence electrons. The maximum Gasteiger partial charge on any atom is 0.337 e. The predicted molar refractivity (Wildman–Crippen MR) is 129 cm³/mol. The normalized spacial score (nSPS) is 14.9. The summed E-state index contributed by atoms with van der Waals surface area (Å²) in [5.74, 6) is -0.676. The molecule has 0 fully saturated rings. The molecular weight excluding hydrogens is 413 g/mol. The molecule has 1 amide bonds. The van der Waals surface area contributed by atoms with Gasteiger partial charge in [0.1, 0.15) is 6.16 Å². The lowest BCUT2D eigenvalue weighted by molar-refractivity contribution is -0.130. The lowest BCUT2D eigenvalue weighted by Crippen LogP contribution is -2.27. The van der Waals surface area contributed by atoms with E-state index >= 15 is 0 Å². The fourth-order valence-electron chi connectivity index (χ4n) is 2.75. The van der Waals surface area contributed by atoms with Crippen LogP contribution in [0.1, 0.15) is 80.1 Å². The summed E-state index contributed by atoms with van der Waals surface area (Å²) in [4.78, 5) is 26.0. The van der Waals surface area contributed by atoms with Gasteiger partial charge in [-0.2, -0.15) is 0 Å². The number of amides is 1. The smallest absolute Gasteiger partial charge is 0.324 e. The molecule has 0 aliphatic carbocycles. The summed E-state index contributed by atoms with van der Waals surface area (Å²) < 4.78 is 16.1. The summed E-state index contributed by atoms with van der Waals surface area (Å²) in [6.45, 7) is 12.5. The summed E-state index contributed by atoms with van der Waals surface area (Å²) in [7, 11) is -3.88. The number of allylic oxidation sites excluding steroid dienone is 7. The third-order valence-corrected chi connectivity index (χ3v) is 5.88. The Bertz CT molecular complexity index is 703. The number of carbonyl (C=O) groups is 1. The topological polar surface area (TPSA) is 84.9 Å². The van der Waals surface area contributed by atoms with Gasteiger partial charge in [-0.05, 0) is 80.1 Å². The van der Waals surface area contributed by atoms with Gasteiger partial charge >= 0.3 is 7.60 Å². The van der Waals surface area contributed by atoms with Crippen LogP contribution in [-0.4, -0.2) is 30.2 Å². The van der Waals surface area contributed by atoms with E-state index in [0.29, 0.717) is 0 Å². The summed E-state index contributed by atoms with van der Waals surface area (Å²) >= 11 is 0. The lowest BCUT2D eigenvalue weighted by Gasteiger charge is -2.10. The highest BCUT2D eigenvalue weighted by molar-refractivity contribution is 7.53. The maximum absolute atomic E-state index is 11.5. The van der Waals surface area contributed by atoms with E-state index in [1.54, 1.807) is 6.92 Å². The van der Waals surface area contributed by atoms with Gasteiger partial charge in [-0.15, -0.1) is 0 Å². The molecule has 0 aromatic rings. The van der Waals surface area contributed by atoms with Gasteiger partial charge < -0.3 is 9.42 Å². The molecule has 7 heteroatoms. The van der Waals surface area contributed by atoms with Crippen molar-refractivity contribution in [1.82, 2.24) is 5.48 Å². The minimum absolute atomic E-state index is 0.0741. The first-order chi connectivity index (χ1) is 14.6. The second kappa shape index (κ2) is 17.1. The van der Waals surface area contributed by atoms with Crippen molar-refractivity contribution in [3.05, 3.63) is 46.6 Å². The highest BCUT2D eigenvalue weighted by atomic mass is 31.2. The minimum atomic E-state index is -3.88. The standard InChI is InChI=1S/C24H42NO5P/c1-7-30-31(27,28)19-24(26)25-29-18-17-23(6)16-10-15-22(5)14-9-13-21(4)12-8-11-20(2)3/h11,13,15,17H,7-10,12,14,16,18-19H2,1-6H3,(H,25,26)(H,27,28)/b21-13+,22-15+,23-17+. The van der Waals surface area contributed by atoms with E-state index in [1.165, 1.54) is 16.7 Å². The van der Waals surface area contributed by atoms with E-state index < -0.39 is 19.7 Å². The molecule has 0 rings (SSSR count). The number of carbonyl (C=O) groups excluding carboxylic acids is 1. The van der Waals surface area contributed by atoms with Crippen LogP contribution in [-0.2, 0) is 18.7 Å². The third-order valence-electron chi connectivity index (χ3n) is 4.53. The van der Waals surface area contributed by atoms with Gasteiger partial charge in [0.05, 0.1) is 13.2 Å². The van der Waals surface area contributed by atoms with Crippen LogP contribution < -0.4 is 5.48 Å². The van der Waals surface area contributed by atoms with Gasteiger partial charge in [-0.3, -0.25) is 14.2 Å². The Labute approximate surface area is 189 Å². The molecule has 0 radical (unpaired) electrons. The maximum atomic E-state index is 11.5. The number of nitrogens with one attached hydrogen (secondary N) is 1. The van der Waals surface area contributed by atoms with Crippen molar-refractivity contribution in [2.24, 2.45) is 0 Å². The summed E-state index contributed by atoms with van der Waals surface area (Å²) in [6.07, 6.45) is 14.5. The molecule has 0 aliphatic heterocycles. The van der Waals surface area contributed by atoms with E-state index in [-0.39, 0.29) is 13.2 Å². The Morgan fingerprint density at radius 3 is 1.84 bits per heavy atom. The van der Waals surface area contributed by atoms with Crippen LogP contribution in [0.15, 0.2) is 46.6 Å². The van der Waals surface area contributed by atoms with Crippen LogP contribution in [0.4, 0.5) is 0 Å². The van der Waals surface area contributed by atoms with Gasteiger partial charge in [0.15, 0.2) is 0 Å². The van der Waals surface area contributed by atoms with Gasteiger partial charge in [0.25, 0.3) is 5.91 Å². The van der Waals surface area contributed by atoms with Crippen LogP contribution in [0.5, 0.6) is 0 Å². The van der Waals surface area contributed by atoms with Crippen LogP contribution in [0.25, 0.3) is 0 Å². The van der Waals surface area contributed by atoms with Gasteiger partial charge in [0, 0.05) is 0 Å². The summed E-state index contributed by atoms with van der Waals surface area (Å²) in [5, 5.41) is 0. The van der Waals surface area contributed by atoms with Gasteiger partial charge in [0.2, 0.25) is 0 Å². The number of hydrogen-bond donors (Lipinski definition) is 2. The molecule has 0 aromatic heterocycles. The fourth-order valence-corrected chi connectivity index (χ4v) is 3.68. The zero-order valence-electron chi connectivity index (χ0n) is 20.2. The Balaban J connectivity index is 4.06. The number of hydroxylamine groups is 1. The van der Waals surface area contributed by atoms with Gasteiger partial charge in [-0.25, -0.2) is 5.48 Å². The fraction of sp³-hybridized carbons (Fsp3) is 0.625. The zero-order valence-corrected chi connectivity index (χ0v) is 21.1. The van der Waals surface area contributed by atoms with E-state index in [0.717, 1.165) is 44.1 Å². The second-order valence-electron chi connectivity index (χ2n) is 8.10. The molecule has 0 aromatic carbocycles. The zero-order chi connectivity index (χ0) is 23.7. The van der Waals surface area contributed by atoms with E-state index in [1.807, 2.05) is 13.0 Å². The van der Waals surface area contributed by atoms with Crippen molar-refractivity contribution >= 4 is 13.5 Å². The van der Waals surface area contributed by atoms with Crippen molar-refractivity contribution in [2.45, 2.75) is 80.1 Å². The average Bonchev–Trinajstić information content (AvgIpc) is 2.64. The largest absolute Gasteiger partial charge is 0.337 e. The van der Waals surface area contributed by atoms with Crippen molar-refractivity contribution in [3.63, 3.8) is 0 Å². The third kappa shape index (κ3) is 19.0. The Morgan fingerprint density at radius 1 is 0.871 bits per heavy atom. The minimum Gasteiger partial charge on any atom is -0.324 e. The quantitative estimate of drug-likeness (QED) is 0.122. The molecular formula is C24H42NO5P. The Morgan fingerprint density at radius 2 is 1.35 bits per heavy atom. The summed E-state index contributed by atoms with van der Waals surface area (Å²) in [6, 6.07) is 0. The van der Waals surface area contributed by atoms with E-state index in [4.69, 9.17) is 4.84 Å². The molecule has 1 atom stereocenters. The van der Waals surface area contributed by atoms with Crippen molar-refractivity contribution in [2.75, 3.05) is 19.4 Å². The first-order valence-electron chi connectivity index (χ1n) is 11.0. The van der Waals surface area contributed by atoms with E-state index in [9.17, 15) is 14.3 Å². The highest BCUT2D eigenvalue weighted by Gasteiger charge is 2.23. The highest BCUT2D eigenvalue weighted by Crippen LogP contribution is 2.40. The molecule has 0 aliphatic rings. The Kier molecular flexibility index (Phi) is 16.3. The second-order valence-corrected chi connectivity index (χ2v) is 9.95. The Hall–Kier alpha value is -1.46. The first-order valence-corrected chi connectivity index (χ1v) is 12.8. The number of hydrogen-bond acceptors (Lipinski definition) is 4. The molecule has 0 spiro atoms. The lowest BCUT2D eigenvalue weighted by atomic mass is 10.0. The van der Waals surface area contributed by atoms with Crippen LogP contribution in [0.3, 0.4) is 0 Å². The molecule has 31 heavy (non-hydrogen) atoms. The van der Waals surface area contributed by atoms with Crippen LogP contribution in [0.2, 0.25) is 0 Å². The monoisotopic (exact) mass is 455 g/mol. The molecule has 1 unspecified atom stereocenters. The molecule has 0 saturated carbocycles.